The van der Waals surface area contributed by atoms with E-state index in [-0.39, 0.29) is 0 Å². The summed E-state index contributed by atoms with van der Waals surface area (Å²) in [6.07, 6.45) is 2.62. The Labute approximate surface area is 129 Å². The molecule has 106 valence electrons. The van der Waals surface area contributed by atoms with E-state index in [9.17, 15) is 0 Å². The number of benzene rings is 1. The molecule has 1 heterocycles. The van der Waals surface area contributed by atoms with Gasteiger partial charge in [-0.15, -0.1) is 0 Å². The fourth-order valence-electron chi connectivity index (χ4n) is 2.44. The lowest BCUT2D eigenvalue weighted by Crippen LogP contribution is -2.25. The molecule has 1 aromatic heterocycles. The van der Waals surface area contributed by atoms with Crippen LogP contribution in [0.4, 0.5) is 0 Å². The van der Waals surface area contributed by atoms with Crippen molar-refractivity contribution in [3.8, 4) is 0 Å². The summed E-state index contributed by atoms with van der Waals surface area (Å²) >= 11 is 8.14. The van der Waals surface area contributed by atoms with E-state index in [0.717, 1.165) is 29.7 Å². The molecule has 2 aromatic rings. The lowest BCUT2D eigenvalue weighted by Gasteiger charge is -2.22. The Kier molecular flexibility index (Phi) is 4.41. The van der Waals surface area contributed by atoms with Crippen LogP contribution >= 0.6 is 22.9 Å². The first-order valence-electron chi connectivity index (χ1n) is 6.99. The molecule has 4 heteroatoms. The molecule has 0 bridgehead atoms. The molecule has 3 rings (SSSR count). The van der Waals surface area contributed by atoms with Gasteiger partial charge in [0.05, 0.1) is 0 Å². The third-order valence-electron chi connectivity index (χ3n) is 3.76. The molecule has 1 aromatic carbocycles. The predicted molar refractivity (Wildman–Crippen MR) is 85.9 cm³/mol. The minimum atomic E-state index is 0.543. The van der Waals surface area contributed by atoms with Gasteiger partial charge >= 0.3 is 0 Å². The molecular formula is C16H19ClN2S. The van der Waals surface area contributed by atoms with Crippen LogP contribution in [-0.2, 0) is 19.6 Å². The maximum absolute atomic E-state index is 6.38. The highest BCUT2D eigenvalue weighted by Gasteiger charge is 2.29. The number of hydrogen-bond acceptors (Lipinski definition) is 3. The standard InChI is InChI=1S/C16H19ClN2S/c17-16-7-12(8-18)1-2-14(16)10-19(15-3-4-15)9-13-5-6-20-11-13/h1-2,5-7,11,15H,3-4,8-10,18H2. The molecule has 2 N–H and O–H groups in total. The molecule has 1 fully saturated rings. The fourth-order valence-corrected chi connectivity index (χ4v) is 3.36. The maximum Gasteiger partial charge on any atom is 0.0454 e. The van der Waals surface area contributed by atoms with Crippen molar-refractivity contribution in [2.45, 2.75) is 38.5 Å². The molecule has 1 aliphatic rings. The smallest absolute Gasteiger partial charge is 0.0454 e. The van der Waals surface area contributed by atoms with Crippen LogP contribution in [0.2, 0.25) is 5.02 Å². The highest BCUT2D eigenvalue weighted by atomic mass is 35.5. The lowest BCUT2D eigenvalue weighted by atomic mass is 10.1. The normalized spacial score (nSPS) is 14.9. The zero-order chi connectivity index (χ0) is 13.9. The monoisotopic (exact) mass is 306 g/mol. The van der Waals surface area contributed by atoms with Crippen LogP contribution in [0.5, 0.6) is 0 Å². The minimum absolute atomic E-state index is 0.543. The van der Waals surface area contributed by atoms with Gasteiger partial charge < -0.3 is 5.73 Å². The zero-order valence-corrected chi connectivity index (χ0v) is 13.0. The van der Waals surface area contributed by atoms with Gasteiger partial charge in [-0.3, -0.25) is 4.90 Å². The first-order valence-corrected chi connectivity index (χ1v) is 8.31. The van der Waals surface area contributed by atoms with Crippen LogP contribution in [0.3, 0.4) is 0 Å². The highest BCUT2D eigenvalue weighted by molar-refractivity contribution is 7.07. The summed E-state index contributed by atoms with van der Waals surface area (Å²) in [6, 6.07) is 9.12. The molecule has 0 unspecified atom stereocenters. The van der Waals surface area contributed by atoms with Gasteiger partial charge in [0, 0.05) is 30.7 Å². The van der Waals surface area contributed by atoms with Gasteiger partial charge in [0.1, 0.15) is 0 Å². The van der Waals surface area contributed by atoms with Crippen molar-refractivity contribution in [2.24, 2.45) is 5.73 Å². The molecule has 0 aliphatic heterocycles. The summed E-state index contributed by atoms with van der Waals surface area (Å²) in [5.41, 5.74) is 9.34. The number of thiophene rings is 1. The van der Waals surface area contributed by atoms with Gasteiger partial charge in [0.25, 0.3) is 0 Å². The first kappa shape index (κ1) is 14.1. The molecule has 1 aliphatic carbocycles. The number of hydrogen-bond donors (Lipinski definition) is 1. The molecule has 20 heavy (non-hydrogen) atoms. The maximum atomic E-state index is 6.38. The van der Waals surface area contributed by atoms with E-state index in [1.54, 1.807) is 11.3 Å². The van der Waals surface area contributed by atoms with Crippen LogP contribution in [0.25, 0.3) is 0 Å². The van der Waals surface area contributed by atoms with Gasteiger partial charge in [0.2, 0.25) is 0 Å². The number of halogens is 1. The van der Waals surface area contributed by atoms with E-state index in [1.807, 2.05) is 6.07 Å². The summed E-state index contributed by atoms with van der Waals surface area (Å²) in [5.74, 6) is 0. The zero-order valence-electron chi connectivity index (χ0n) is 11.4. The molecular weight excluding hydrogens is 288 g/mol. The van der Waals surface area contributed by atoms with Crippen molar-refractivity contribution in [3.63, 3.8) is 0 Å². The number of nitrogens with zero attached hydrogens (tertiary/aromatic N) is 1. The van der Waals surface area contributed by atoms with E-state index in [1.165, 1.54) is 24.0 Å². The minimum Gasteiger partial charge on any atom is -0.326 e. The highest BCUT2D eigenvalue weighted by Crippen LogP contribution is 2.31. The second-order valence-corrected chi connectivity index (χ2v) is 6.58. The van der Waals surface area contributed by atoms with Gasteiger partial charge in [0.15, 0.2) is 0 Å². The van der Waals surface area contributed by atoms with Crippen molar-refractivity contribution >= 4 is 22.9 Å². The van der Waals surface area contributed by atoms with Crippen LogP contribution in [0.15, 0.2) is 35.0 Å². The predicted octanol–water partition coefficient (Wildman–Crippen LogP) is 4.02. The van der Waals surface area contributed by atoms with Gasteiger partial charge in [-0.05, 0) is 52.4 Å². The quantitative estimate of drug-likeness (QED) is 0.873. The molecule has 0 saturated heterocycles. The van der Waals surface area contributed by atoms with E-state index in [0.29, 0.717) is 6.54 Å². The Hall–Kier alpha value is -0.870. The summed E-state index contributed by atoms with van der Waals surface area (Å²) < 4.78 is 0. The summed E-state index contributed by atoms with van der Waals surface area (Å²) in [5, 5.41) is 5.21. The van der Waals surface area contributed by atoms with E-state index in [2.05, 4.69) is 33.9 Å². The van der Waals surface area contributed by atoms with Gasteiger partial charge in [-0.25, -0.2) is 0 Å². The van der Waals surface area contributed by atoms with Crippen molar-refractivity contribution < 1.29 is 0 Å². The molecule has 0 amide bonds. The topological polar surface area (TPSA) is 29.3 Å². The molecule has 0 atom stereocenters. The van der Waals surface area contributed by atoms with Crippen molar-refractivity contribution in [2.75, 3.05) is 0 Å². The molecule has 1 saturated carbocycles. The summed E-state index contributed by atoms with van der Waals surface area (Å²) in [4.78, 5) is 2.53. The van der Waals surface area contributed by atoms with Gasteiger partial charge in [-0.2, -0.15) is 11.3 Å². The molecule has 2 nitrogen and oxygen atoms in total. The average Bonchev–Trinajstić information content (AvgIpc) is 3.18. The van der Waals surface area contributed by atoms with E-state index in [4.69, 9.17) is 17.3 Å². The first-order chi connectivity index (χ1) is 9.76. The Bertz CT molecular complexity index is 564. The van der Waals surface area contributed by atoms with Crippen LogP contribution in [0, 0.1) is 0 Å². The second-order valence-electron chi connectivity index (χ2n) is 5.40. The number of nitrogens with two attached hydrogens (primary N) is 1. The number of rotatable bonds is 6. The Morgan fingerprint density at radius 3 is 2.65 bits per heavy atom. The summed E-state index contributed by atoms with van der Waals surface area (Å²) in [7, 11) is 0. The third-order valence-corrected chi connectivity index (χ3v) is 4.84. The van der Waals surface area contributed by atoms with E-state index < -0.39 is 0 Å². The lowest BCUT2D eigenvalue weighted by molar-refractivity contribution is 0.246. The Balaban J connectivity index is 1.73. The van der Waals surface area contributed by atoms with E-state index >= 15 is 0 Å². The fraction of sp³-hybridized carbons (Fsp3) is 0.375. The molecule has 0 radical (unpaired) electrons. The second kappa shape index (κ2) is 6.27. The van der Waals surface area contributed by atoms with Crippen molar-refractivity contribution in [3.05, 3.63) is 56.7 Å². The third kappa shape index (κ3) is 3.41. The van der Waals surface area contributed by atoms with Crippen LogP contribution in [-0.4, -0.2) is 10.9 Å². The Morgan fingerprint density at radius 2 is 2.05 bits per heavy atom. The Morgan fingerprint density at radius 1 is 1.20 bits per heavy atom. The average molecular weight is 307 g/mol. The van der Waals surface area contributed by atoms with Crippen LogP contribution < -0.4 is 5.73 Å². The molecule has 0 spiro atoms. The van der Waals surface area contributed by atoms with Crippen molar-refractivity contribution in [1.82, 2.24) is 4.90 Å². The largest absolute Gasteiger partial charge is 0.326 e. The SMILES string of the molecule is NCc1ccc(CN(Cc2ccsc2)C2CC2)c(Cl)c1. The summed E-state index contributed by atoms with van der Waals surface area (Å²) in [6.45, 7) is 2.48. The van der Waals surface area contributed by atoms with Gasteiger partial charge in [-0.1, -0.05) is 23.7 Å². The van der Waals surface area contributed by atoms with Crippen molar-refractivity contribution in [1.29, 1.82) is 0 Å². The van der Waals surface area contributed by atoms with Crippen LogP contribution in [0.1, 0.15) is 29.5 Å².